The standard InChI is InChI=1S/C21H20F3NO5/c1-10(2)14-8-11(6-7-17(14)26)30-18-13-5-3-4-12(13)16(25-19(27)20(28)29)9-15(18)21(22,23)24/h6-10,26H,3-5H2,1-2H3,(H,25,27)(H,28,29). The number of anilines is 1. The molecule has 30 heavy (non-hydrogen) atoms. The number of aliphatic carboxylic acids is 1. The number of fused-ring (bicyclic) bond motifs is 1. The highest BCUT2D eigenvalue weighted by atomic mass is 19.4. The Morgan fingerprint density at radius 3 is 2.40 bits per heavy atom. The number of phenolic OH excluding ortho intramolecular Hbond substituents is 1. The second kappa shape index (κ2) is 7.89. The van der Waals surface area contributed by atoms with Crippen molar-refractivity contribution in [2.45, 2.75) is 45.2 Å². The van der Waals surface area contributed by atoms with Crippen LogP contribution < -0.4 is 10.1 Å². The van der Waals surface area contributed by atoms with Gasteiger partial charge in [0, 0.05) is 16.8 Å². The van der Waals surface area contributed by atoms with Crippen molar-refractivity contribution < 1.29 is 37.7 Å². The lowest BCUT2D eigenvalue weighted by atomic mass is 10.0. The van der Waals surface area contributed by atoms with Crippen LogP contribution in [0.2, 0.25) is 0 Å². The molecule has 0 saturated carbocycles. The number of carbonyl (C=O) groups excluding carboxylic acids is 1. The molecule has 0 atom stereocenters. The number of amides is 1. The maximum atomic E-state index is 13.8. The van der Waals surface area contributed by atoms with Gasteiger partial charge in [0.1, 0.15) is 22.8 Å². The first kappa shape index (κ1) is 21.5. The fourth-order valence-corrected chi connectivity index (χ4v) is 3.54. The summed E-state index contributed by atoms with van der Waals surface area (Å²) in [5, 5.41) is 20.8. The third-order valence-electron chi connectivity index (χ3n) is 4.94. The second-order valence-corrected chi connectivity index (χ2v) is 7.35. The van der Waals surface area contributed by atoms with Crippen molar-refractivity contribution in [3.8, 4) is 17.2 Å². The van der Waals surface area contributed by atoms with Crippen LogP contribution in [-0.4, -0.2) is 22.1 Å². The summed E-state index contributed by atoms with van der Waals surface area (Å²) in [5.41, 5.74) is -0.0469. The van der Waals surface area contributed by atoms with Gasteiger partial charge in [-0.3, -0.25) is 4.79 Å². The molecule has 0 bridgehead atoms. The van der Waals surface area contributed by atoms with Crippen molar-refractivity contribution >= 4 is 17.6 Å². The summed E-state index contributed by atoms with van der Waals surface area (Å²) in [4.78, 5) is 22.4. The van der Waals surface area contributed by atoms with Gasteiger partial charge in [0.05, 0.1) is 0 Å². The number of phenols is 1. The van der Waals surface area contributed by atoms with Crippen LogP contribution in [0.1, 0.15) is 48.4 Å². The SMILES string of the molecule is CC(C)c1cc(Oc2c(C(F)(F)F)cc(NC(=O)C(=O)O)c3c2CCC3)ccc1O. The van der Waals surface area contributed by atoms with E-state index >= 15 is 0 Å². The fourth-order valence-electron chi connectivity index (χ4n) is 3.54. The summed E-state index contributed by atoms with van der Waals surface area (Å²) < 4.78 is 47.1. The zero-order valence-electron chi connectivity index (χ0n) is 16.3. The number of hydrogen-bond donors (Lipinski definition) is 3. The number of hydrogen-bond acceptors (Lipinski definition) is 4. The molecular formula is C21H20F3NO5. The van der Waals surface area contributed by atoms with Crippen molar-refractivity contribution in [3.63, 3.8) is 0 Å². The second-order valence-electron chi connectivity index (χ2n) is 7.35. The summed E-state index contributed by atoms with van der Waals surface area (Å²) >= 11 is 0. The van der Waals surface area contributed by atoms with Gasteiger partial charge in [-0.25, -0.2) is 4.79 Å². The average molecular weight is 423 g/mol. The van der Waals surface area contributed by atoms with E-state index in [0.29, 0.717) is 36.5 Å². The number of rotatable bonds is 4. The van der Waals surface area contributed by atoms with Gasteiger partial charge in [0.2, 0.25) is 0 Å². The number of nitrogens with one attached hydrogen (secondary N) is 1. The molecule has 0 spiro atoms. The lowest BCUT2D eigenvalue weighted by molar-refractivity contribution is -0.147. The van der Waals surface area contributed by atoms with E-state index in [4.69, 9.17) is 9.84 Å². The van der Waals surface area contributed by atoms with E-state index in [9.17, 15) is 27.9 Å². The van der Waals surface area contributed by atoms with Gasteiger partial charge >= 0.3 is 18.1 Å². The Hall–Kier alpha value is -3.23. The highest BCUT2D eigenvalue weighted by Gasteiger charge is 2.39. The number of carboxylic acid groups (broad SMARTS) is 1. The predicted molar refractivity (Wildman–Crippen MR) is 102 cm³/mol. The Bertz CT molecular complexity index is 1010. The number of halogens is 3. The van der Waals surface area contributed by atoms with Gasteiger partial charge in [-0.2, -0.15) is 13.2 Å². The summed E-state index contributed by atoms with van der Waals surface area (Å²) in [6, 6.07) is 4.94. The lowest BCUT2D eigenvalue weighted by Crippen LogP contribution is -2.23. The molecule has 0 unspecified atom stereocenters. The summed E-state index contributed by atoms with van der Waals surface area (Å²) in [6.07, 6.45) is -3.59. The topological polar surface area (TPSA) is 95.9 Å². The Kier molecular flexibility index (Phi) is 5.65. The molecular weight excluding hydrogens is 403 g/mol. The van der Waals surface area contributed by atoms with Crippen molar-refractivity contribution in [2.75, 3.05) is 5.32 Å². The van der Waals surface area contributed by atoms with Crippen molar-refractivity contribution in [3.05, 3.63) is 46.5 Å². The lowest BCUT2D eigenvalue weighted by Gasteiger charge is -2.21. The van der Waals surface area contributed by atoms with E-state index < -0.39 is 23.6 Å². The zero-order valence-corrected chi connectivity index (χ0v) is 16.3. The quantitative estimate of drug-likeness (QED) is 0.612. The third kappa shape index (κ3) is 4.19. The molecule has 2 aromatic rings. The molecule has 160 valence electrons. The summed E-state index contributed by atoms with van der Waals surface area (Å²) in [7, 11) is 0. The van der Waals surface area contributed by atoms with Crippen molar-refractivity contribution in [1.29, 1.82) is 0 Å². The molecule has 0 fully saturated rings. The Labute approximate surface area is 170 Å². The third-order valence-corrected chi connectivity index (χ3v) is 4.94. The minimum absolute atomic E-state index is 0.0188. The summed E-state index contributed by atoms with van der Waals surface area (Å²) in [5.74, 6) is -3.49. The fraction of sp³-hybridized carbons (Fsp3) is 0.333. The number of carboxylic acids is 1. The Morgan fingerprint density at radius 2 is 1.80 bits per heavy atom. The van der Waals surface area contributed by atoms with E-state index in [2.05, 4.69) is 0 Å². The smallest absolute Gasteiger partial charge is 0.420 e. The van der Waals surface area contributed by atoms with Crippen LogP contribution in [0.4, 0.5) is 18.9 Å². The van der Waals surface area contributed by atoms with Gasteiger partial charge < -0.3 is 20.3 Å². The summed E-state index contributed by atoms with van der Waals surface area (Å²) in [6.45, 7) is 3.66. The first-order chi connectivity index (χ1) is 14.0. The molecule has 3 rings (SSSR count). The normalized spacial score (nSPS) is 13.3. The van der Waals surface area contributed by atoms with E-state index in [-0.39, 0.29) is 34.4 Å². The van der Waals surface area contributed by atoms with Crippen LogP contribution in [0.25, 0.3) is 0 Å². The molecule has 1 aliphatic carbocycles. The Morgan fingerprint density at radius 1 is 1.13 bits per heavy atom. The minimum Gasteiger partial charge on any atom is -0.508 e. The van der Waals surface area contributed by atoms with Gasteiger partial charge in [0.25, 0.3) is 0 Å². The molecule has 6 nitrogen and oxygen atoms in total. The van der Waals surface area contributed by atoms with E-state index in [1.165, 1.54) is 18.2 Å². The maximum Gasteiger partial charge on any atom is 0.420 e. The average Bonchev–Trinajstić information content (AvgIpc) is 3.13. The highest BCUT2D eigenvalue weighted by molar-refractivity contribution is 6.36. The van der Waals surface area contributed by atoms with Crippen LogP contribution in [0.3, 0.4) is 0 Å². The number of aromatic hydroxyl groups is 1. The molecule has 1 amide bonds. The van der Waals surface area contributed by atoms with Crippen LogP contribution in [0.5, 0.6) is 17.2 Å². The molecule has 0 radical (unpaired) electrons. The van der Waals surface area contributed by atoms with Crippen LogP contribution >= 0.6 is 0 Å². The molecule has 2 aromatic carbocycles. The number of alkyl halides is 3. The monoisotopic (exact) mass is 423 g/mol. The van der Waals surface area contributed by atoms with Crippen molar-refractivity contribution in [2.24, 2.45) is 0 Å². The molecule has 1 aliphatic rings. The maximum absolute atomic E-state index is 13.8. The van der Waals surface area contributed by atoms with Gasteiger partial charge in [0.15, 0.2) is 0 Å². The predicted octanol–water partition coefficient (Wildman–Crippen LogP) is 4.84. The van der Waals surface area contributed by atoms with Crippen LogP contribution in [0, 0.1) is 0 Å². The molecule has 9 heteroatoms. The van der Waals surface area contributed by atoms with Crippen LogP contribution in [-0.2, 0) is 28.6 Å². The zero-order chi connectivity index (χ0) is 22.2. The van der Waals surface area contributed by atoms with E-state index in [1.54, 1.807) is 0 Å². The van der Waals surface area contributed by atoms with Gasteiger partial charge in [-0.05, 0) is 55.0 Å². The number of ether oxygens (including phenoxy) is 1. The first-order valence-electron chi connectivity index (χ1n) is 9.30. The van der Waals surface area contributed by atoms with Crippen molar-refractivity contribution in [1.82, 2.24) is 0 Å². The molecule has 0 aliphatic heterocycles. The van der Waals surface area contributed by atoms with Gasteiger partial charge in [-0.15, -0.1) is 0 Å². The first-order valence-corrected chi connectivity index (χ1v) is 9.30. The number of benzene rings is 2. The van der Waals surface area contributed by atoms with Gasteiger partial charge in [-0.1, -0.05) is 13.8 Å². The Balaban J connectivity index is 2.13. The van der Waals surface area contributed by atoms with E-state index in [1.807, 2.05) is 19.2 Å². The minimum atomic E-state index is -4.80. The van der Waals surface area contributed by atoms with Crippen LogP contribution in [0.15, 0.2) is 24.3 Å². The molecule has 3 N–H and O–H groups in total. The van der Waals surface area contributed by atoms with E-state index in [0.717, 1.165) is 0 Å². The molecule has 0 aromatic heterocycles. The molecule has 0 heterocycles. The largest absolute Gasteiger partial charge is 0.508 e. The number of carbonyl (C=O) groups is 2. The molecule has 0 saturated heterocycles. The highest BCUT2D eigenvalue weighted by Crippen LogP contribution is 2.47.